The summed E-state index contributed by atoms with van der Waals surface area (Å²) >= 11 is 0. The summed E-state index contributed by atoms with van der Waals surface area (Å²) < 4.78 is 11.5. The van der Waals surface area contributed by atoms with Gasteiger partial charge in [0.2, 0.25) is 5.91 Å². The number of para-hydroxylation sites is 1. The molecule has 0 spiro atoms. The minimum atomic E-state index is -0.549. The number of hydrogen-bond donors (Lipinski definition) is 2. The Labute approximate surface area is 149 Å². The molecule has 1 saturated carbocycles. The first kappa shape index (κ1) is 18.2. The van der Waals surface area contributed by atoms with Crippen LogP contribution in [0.2, 0.25) is 0 Å². The van der Waals surface area contributed by atoms with E-state index >= 15 is 0 Å². The molecule has 1 aromatic rings. The number of rotatable bonds is 7. The summed E-state index contributed by atoms with van der Waals surface area (Å²) in [4.78, 5) is 12.0. The van der Waals surface area contributed by atoms with E-state index in [2.05, 4.69) is 5.32 Å². The van der Waals surface area contributed by atoms with Crippen molar-refractivity contribution in [3.63, 3.8) is 0 Å². The second-order valence-electron chi connectivity index (χ2n) is 7.13. The number of benzene rings is 1. The van der Waals surface area contributed by atoms with E-state index < -0.39 is 6.10 Å². The van der Waals surface area contributed by atoms with Crippen LogP contribution in [-0.2, 0) is 9.53 Å². The number of amides is 1. The summed E-state index contributed by atoms with van der Waals surface area (Å²) in [5.74, 6) is 0.885. The molecule has 1 saturated heterocycles. The van der Waals surface area contributed by atoms with Gasteiger partial charge in [0.1, 0.15) is 11.9 Å². The molecule has 5 heteroatoms. The van der Waals surface area contributed by atoms with Crippen LogP contribution in [0.3, 0.4) is 0 Å². The first-order chi connectivity index (χ1) is 12.2. The normalized spacial score (nSPS) is 29.3. The summed E-state index contributed by atoms with van der Waals surface area (Å²) in [6, 6.07) is 9.61. The zero-order chi connectivity index (χ0) is 17.5. The fourth-order valence-electron chi connectivity index (χ4n) is 3.75. The number of ether oxygens (including phenoxy) is 2. The van der Waals surface area contributed by atoms with Gasteiger partial charge in [-0.3, -0.25) is 4.79 Å². The fraction of sp³-hybridized carbons (Fsp3) is 0.650. The SMILES string of the molecule is O=C(CC[C@@H]1CCCO1)NC[C@H]1CCC[C@@H](Oc2ccccc2)[C@@H]1O. The van der Waals surface area contributed by atoms with Crippen molar-refractivity contribution in [3.8, 4) is 5.75 Å². The van der Waals surface area contributed by atoms with E-state index in [9.17, 15) is 9.90 Å². The van der Waals surface area contributed by atoms with Crippen molar-refractivity contribution >= 4 is 5.91 Å². The average molecular weight is 347 g/mol. The first-order valence-electron chi connectivity index (χ1n) is 9.50. The highest BCUT2D eigenvalue weighted by Gasteiger charge is 2.33. The molecule has 1 heterocycles. The molecule has 1 aliphatic heterocycles. The maximum Gasteiger partial charge on any atom is 0.220 e. The molecule has 3 rings (SSSR count). The molecule has 2 N–H and O–H groups in total. The molecule has 1 amide bonds. The lowest BCUT2D eigenvalue weighted by molar-refractivity contribution is -0.122. The van der Waals surface area contributed by atoms with Crippen molar-refractivity contribution in [2.75, 3.05) is 13.2 Å². The topological polar surface area (TPSA) is 67.8 Å². The lowest BCUT2D eigenvalue weighted by Gasteiger charge is -2.35. The monoisotopic (exact) mass is 347 g/mol. The summed E-state index contributed by atoms with van der Waals surface area (Å²) in [6.07, 6.45) is 5.71. The van der Waals surface area contributed by atoms with E-state index in [-0.39, 0.29) is 24.0 Å². The first-order valence-corrected chi connectivity index (χ1v) is 9.50. The minimum absolute atomic E-state index is 0.0498. The number of aliphatic hydroxyl groups excluding tert-OH is 1. The van der Waals surface area contributed by atoms with Crippen molar-refractivity contribution in [1.82, 2.24) is 5.32 Å². The van der Waals surface area contributed by atoms with Crippen LogP contribution in [-0.4, -0.2) is 42.5 Å². The van der Waals surface area contributed by atoms with Gasteiger partial charge in [0.25, 0.3) is 0 Å². The van der Waals surface area contributed by atoms with Gasteiger partial charge in [-0.25, -0.2) is 0 Å². The van der Waals surface area contributed by atoms with Gasteiger partial charge in [-0.1, -0.05) is 18.2 Å². The van der Waals surface area contributed by atoms with Crippen LogP contribution < -0.4 is 10.1 Å². The van der Waals surface area contributed by atoms with Crippen LogP contribution in [0.15, 0.2) is 30.3 Å². The Morgan fingerprint density at radius 3 is 2.80 bits per heavy atom. The third-order valence-corrected chi connectivity index (χ3v) is 5.24. The average Bonchev–Trinajstić information content (AvgIpc) is 3.15. The van der Waals surface area contributed by atoms with Crippen molar-refractivity contribution in [3.05, 3.63) is 30.3 Å². The Morgan fingerprint density at radius 1 is 1.20 bits per heavy atom. The van der Waals surface area contributed by atoms with E-state index in [0.29, 0.717) is 13.0 Å². The van der Waals surface area contributed by atoms with Gasteiger partial charge >= 0.3 is 0 Å². The van der Waals surface area contributed by atoms with Crippen LogP contribution in [0, 0.1) is 5.92 Å². The molecule has 25 heavy (non-hydrogen) atoms. The van der Waals surface area contributed by atoms with E-state index in [1.165, 1.54) is 0 Å². The standard InChI is InChI=1S/C20H29NO4/c22-19(12-11-16-9-5-13-24-16)21-14-15-6-4-10-18(20(15)23)25-17-7-2-1-3-8-17/h1-3,7-8,15-16,18,20,23H,4-6,9-14H2,(H,21,22)/t15-,16+,18-,20-/m1/s1. The van der Waals surface area contributed by atoms with Gasteiger partial charge in [-0.05, 0) is 50.7 Å². The minimum Gasteiger partial charge on any atom is -0.488 e. The van der Waals surface area contributed by atoms with Crippen molar-refractivity contribution in [1.29, 1.82) is 0 Å². The number of nitrogens with one attached hydrogen (secondary N) is 1. The van der Waals surface area contributed by atoms with Crippen molar-refractivity contribution in [2.45, 2.75) is 63.3 Å². The number of carbonyl (C=O) groups excluding carboxylic acids is 1. The molecule has 5 nitrogen and oxygen atoms in total. The van der Waals surface area contributed by atoms with E-state index in [0.717, 1.165) is 50.9 Å². The van der Waals surface area contributed by atoms with E-state index in [4.69, 9.17) is 9.47 Å². The van der Waals surface area contributed by atoms with Crippen LogP contribution in [0.5, 0.6) is 5.75 Å². The van der Waals surface area contributed by atoms with Crippen LogP contribution in [0.4, 0.5) is 0 Å². The highest BCUT2D eigenvalue weighted by molar-refractivity contribution is 5.75. The summed E-state index contributed by atoms with van der Waals surface area (Å²) in [5.41, 5.74) is 0. The molecule has 4 atom stereocenters. The molecular weight excluding hydrogens is 318 g/mol. The largest absolute Gasteiger partial charge is 0.488 e. The lowest BCUT2D eigenvalue weighted by atomic mass is 9.84. The highest BCUT2D eigenvalue weighted by Crippen LogP contribution is 2.28. The third kappa shape index (κ3) is 5.44. The van der Waals surface area contributed by atoms with Crippen LogP contribution in [0.25, 0.3) is 0 Å². The summed E-state index contributed by atoms with van der Waals surface area (Å²) in [5, 5.41) is 13.6. The van der Waals surface area contributed by atoms with Crippen molar-refractivity contribution < 1.29 is 19.4 Å². The maximum atomic E-state index is 12.0. The Bertz CT molecular complexity index is 530. The molecule has 0 radical (unpaired) electrons. The zero-order valence-electron chi connectivity index (χ0n) is 14.7. The number of carbonyl (C=O) groups is 1. The molecule has 138 valence electrons. The molecular formula is C20H29NO4. The summed E-state index contributed by atoms with van der Waals surface area (Å²) in [6.45, 7) is 1.34. The van der Waals surface area contributed by atoms with Crippen LogP contribution >= 0.6 is 0 Å². The molecule has 0 unspecified atom stereocenters. The second kappa shape index (κ2) is 9.20. The summed E-state index contributed by atoms with van der Waals surface area (Å²) in [7, 11) is 0. The fourth-order valence-corrected chi connectivity index (χ4v) is 3.75. The second-order valence-corrected chi connectivity index (χ2v) is 7.13. The predicted octanol–water partition coefficient (Wildman–Crippen LogP) is 2.67. The molecule has 0 aromatic heterocycles. The Balaban J connectivity index is 1.41. The molecule has 2 fully saturated rings. The van der Waals surface area contributed by atoms with Crippen LogP contribution in [0.1, 0.15) is 44.9 Å². The molecule has 1 aromatic carbocycles. The number of hydrogen-bond acceptors (Lipinski definition) is 4. The van der Waals surface area contributed by atoms with E-state index in [1.807, 2.05) is 30.3 Å². The maximum absolute atomic E-state index is 12.0. The van der Waals surface area contributed by atoms with Gasteiger partial charge in [0, 0.05) is 25.5 Å². The lowest BCUT2D eigenvalue weighted by Crippen LogP contribution is -2.45. The van der Waals surface area contributed by atoms with Gasteiger partial charge in [-0.15, -0.1) is 0 Å². The Hall–Kier alpha value is -1.59. The zero-order valence-corrected chi connectivity index (χ0v) is 14.7. The quantitative estimate of drug-likeness (QED) is 0.796. The predicted molar refractivity (Wildman–Crippen MR) is 95.4 cm³/mol. The number of aliphatic hydroxyl groups is 1. The Kier molecular flexibility index (Phi) is 6.70. The van der Waals surface area contributed by atoms with Gasteiger partial charge < -0.3 is 19.9 Å². The molecule has 2 aliphatic rings. The van der Waals surface area contributed by atoms with Gasteiger partial charge in [0.15, 0.2) is 0 Å². The third-order valence-electron chi connectivity index (χ3n) is 5.24. The van der Waals surface area contributed by atoms with E-state index in [1.54, 1.807) is 0 Å². The van der Waals surface area contributed by atoms with Gasteiger partial charge in [-0.2, -0.15) is 0 Å². The molecule has 0 bridgehead atoms. The molecule has 1 aliphatic carbocycles. The Morgan fingerprint density at radius 2 is 2.04 bits per heavy atom. The smallest absolute Gasteiger partial charge is 0.220 e. The highest BCUT2D eigenvalue weighted by atomic mass is 16.5. The van der Waals surface area contributed by atoms with Crippen molar-refractivity contribution in [2.24, 2.45) is 5.92 Å². The van der Waals surface area contributed by atoms with Gasteiger partial charge in [0.05, 0.1) is 12.2 Å².